The van der Waals surface area contributed by atoms with Gasteiger partial charge >= 0.3 is 5.97 Å². The van der Waals surface area contributed by atoms with E-state index >= 15 is 0 Å². The maximum atomic E-state index is 12.2. The van der Waals surface area contributed by atoms with Crippen LogP contribution in [0.5, 0.6) is 0 Å². The van der Waals surface area contributed by atoms with Gasteiger partial charge in [-0.1, -0.05) is 22.9 Å². The molecule has 0 fully saturated rings. The van der Waals surface area contributed by atoms with Gasteiger partial charge in [0.05, 0.1) is 32.1 Å². The number of aromatic nitrogens is 1. The van der Waals surface area contributed by atoms with E-state index in [0.717, 1.165) is 10.2 Å². The molecule has 1 aromatic carbocycles. The van der Waals surface area contributed by atoms with Crippen LogP contribution in [0.2, 0.25) is 4.34 Å². The molecule has 2 aromatic heterocycles. The molecule has 0 atom stereocenters. The number of hydrogen-bond donors (Lipinski definition) is 0. The summed E-state index contributed by atoms with van der Waals surface area (Å²) in [6.45, 7) is 0. The van der Waals surface area contributed by atoms with Crippen LogP contribution in [0.3, 0.4) is 0 Å². The number of ether oxygens (including phenoxy) is 1. The van der Waals surface area contributed by atoms with E-state index in [0.29, 0.717) is 19.6 Å². The molecule has 0 aliphatic heterocycles. The van der Waals surface area contributed by atoms with Crippen molar-refractivity contribution in [2.75, 3.05) is 7.11 Å². The van der Waals surface area contributed by atoms with Gasteiger partial charge in [0.15, 0.2) is 4.80 Å². The smallest absolute Gasteiger partial charge is 0.337 e. The average Bonchev–Trinajstić information content (AvgIpc) is 3.11. The Bertz CT molecular complexity index is 984. The first-order valence-corrected chi connectivity index (χ1v) is 8.53. The lowest BCUT2D eigenvalue weighted by atomic mass is 10.2. The standard InChI is InChI=1S/C15H11ClN2O3S2/c1-18-9-4-3-8(14(20)21-2)7-11(9)23-15(18)17-13(19)10-5-6-12(16)22-10/h3-7H,1-2H3. The predicted molar refractivity (Wildman–Crippen MR) is 91.4 cm³/mol. The van der Waals surface area contributed by atoms with Crippen LogP contribution in [0.1, 0.15) is 20.0 Å². The number of thiazole rings is 1. The number of benzene rings is 1. The molecule has 3 aromatic rings. The highest BCUT2D eigenvalue weighted by atomic mass is 35.5. The molecule has 0 bridgehead atoms. The van der Waals surface area contributed by atoms with E-state index in [-0.39, 0.29) is 5.91 Å². The number of hydrogen-bond acceptors (Lipinski definition) is 5. The third-order valence-corrected chi connectivity index (χ3v) is 5.53. The number of fused-ring (bicyclic) bond motifs is 1. The van der Waals surface area contributed by atoms with Crippen LogP contribution >= 0.6 is 34.3 Å². The normalized spacial score (nSPS) is 11.9. The molecule has 1 amide bonds. The Balaban J connectivity index is 2.07. The van der Waals surface area contributed by atoms with Crippen LogP contribution in [-0.4, -0.2) is 23.6 Å². The number of carbonyl (C=O) groups is 2. The molecule has 8 heteroatoms. The molecule has 3 rings (SSSR count). The van der Waals surface area contributed by atoms with Crippen molar-refractivity contribution in [1.29, 1.82) is 0 Å². The Morgan fingerprint density at radius 2 is 2.00 bits per heavy atom. The van der Waals surface area contributed by atoms with Crippen LogP contribution in [0, 0.1) is 0 Å². The first-order chi connectivity index (χ1) is 11.0. The second-order valence-corrected chi connectivity index (χ2v) is 7.36. The Hall–Kier alpha value is -1.96. The Morgan fingerprint density at radius 3 is 2.65 bits per heavy atom. The maximum Gasteiger partial charge on any atom is 0.337 e. The molecule has 0 saturated carbocycles. The Kier molecular flexibility index (Phi) is 4.34. The fraction of sp³-hybridized carbons (Fsp3) is 0.133. The van der Waals surface area contributed by atoms with Crippen LogP contribution in [-0.2, 0) is 11.8 Å². The lowest BCUT2D eigenvalue weighted by Crippen LogP contribution is -2.12. The van der Waals surface area contributed by atoms with Gasteiger partial charge in [0, 0.05) is 7.05 Å². The summed E-state index contributed by atoms with van der Waals surface area (Å²) in [5.74, 6) is -0.733. The molecule has 0 aliphatic carbocycles. The van der Waals surface area contributed by atoms with Gasteiger partial charge in [0.25, 0.3) is 5.91 Å². The van der Waals surface area contributed by atoms with Crippen molar-refractivity contribution >= 4 is 56.4 Å². The zero-order valence-corrected chi connectivity index (χ0v) is 14.6. The van der Waals surface area contributed by atoms with Gasteiger partial charge in [0.2, 0.25) is 0 Å². The second-order valence-electron chi connectivity index (χ2n) is 4.64. The average molecular weight is 367 g/mol. The topological polar surface area (TPSA) is 60.7 Å². The van der Waals surface area contributed by atoms with Crippen LogP contribution in [0.4, 0.5) is 0 Å². The van der Waals surface area contributed by atoms with Gasteiger partial charge < -0.3 is 9.30 Å². The van der Waals surface area contributed by atoms with Gasteiger partial charge in [-0.15, -0.1) is 11.3 Å². The molecule has 5 nitrogen and oxygen atoms in total. The summed E-state index contributed by atoms with van der Waals surface area (Å²) in [5.41, 5.74) is 1.35. The van der Waals surface area contributed by atoms with Crippen molar-refractivity contribution in [2.24, 2.45) is 12.0 Å². The van der Waals surface area contributed by atoms with E-state index in [1.165, 1.54) is 29.8 Å². The number of esters is 1. The minimum Gasteiger partial charge on any atom is -0.465 e. The molecule has 0 unspecified atom stereocenters. The second kappa shape index (κ2) is 6.27. The van der Waals surface area contributed by atoms with E-state index in [1.807, 2.05) is 17.7 Å². The molecule has 118 valence electrons. The van der Waals surface area contributed by atoms with Gasteiger partial charge in [-0.2, -0.15) is 4.99 Å². The fourth-order valence-electron chi connectivity index (χ4n) is 2.06. The van der Waals surface area contributed by atoms with E-state index in [4.69, 9.17) is 16.3 Å². The third-order valence-electron chi connectivity index (χ3n) is 3.21. The van der Waals surface area contributed by atoms with Gasteiger partial charge in [-0.3, -0.25) is 4.79 Å². The summed E-state index contributed by atoms with van der Waals surface area (Å²) in [5, 5.41) is 0. The molecule has 0 N–H and O–H groups in total. The molecule has 0 aliphatic rings. The van der Waals surface area contributed by atoms with Crippen LogP contribution in [0.25, 0.3) is 10.2 Å². The molecular formula is C15H11ClN2O3S2. The summed E-state index contributed by atoms with van der Waals surface area (Å²) in [4.78, 5) is 29.0. The minimum absolute atomic E-state index is 0.336. The SMILES string of the molecule is COC(=O)c1ccc2c(c1)sc(=NC(=O)c1ccc(Cl)s1)n2C. The van der Waals surface area contributed by atoms with Crippen molar-refractivity contribution in [1.82, 2.24) is 4.57 Å². The number of nitrogens with zero attached hydrogens (tertiary/aromatic N) is 2. The lowest BCUT2D eigenvalue weighted by molar-refractivity contribution is 0.0601. The van der Waals surface area contributed by atoms with Crippen LogP contribution < -0.4 is 4.80 Å². The molecular weight excluding hydrogens is 356 g/mol. The Labute approximate surface area is 144 Å². The zero-order valence-electron chi connectivity index (χ0n) is 12.2. The van der Waals surface area contributed by atoms with Gasteiger partial charge in [-0.05, 0) is 30.3 Å². The summed E-state index contributed by atoms with van der Waals surface area (Å²) in [6, 6.07) is 8.55. The number of carbonyl (C=O) groups excluding carboxylic acids is 2. The largest absolute Gasteiger partial charge is 0.465 e. The lowest BCUT2D eigenvalue weighted by Gasteiger charge is -1.99. The van der Waals surface area contributed by atoms with E-state index in [1.54, 1.807) is 24.3 Å². The fourth-order valence-corrected chi connectivity index (χ4v) is 4.04. The summed E-state index contributed by atoms with van der Waals surface area (Å²) >= 11 is 8.37. The molecule has 2 heterocycles. The van der Waals surface area contributed by atoms with E-state index < -0.39 is 5.97 Å². The highest BCUT2D eigenvalue weighted by Gasteiger charge is 2.11. The number of amides is 1. The van der Waals surface area contributed by atoms with Crippen LogP contribution in [0.15, 0.2) is 35.3 Å². The zero-order chi connectivity index (χ0) is 16.6. The van der Waals surface area contributed by atoms with E-state index in [9.17, 15) is 9.59 Å². The Morgan fingerprint density at radius 1 is 1.22 bits per heavy atom. The number of thiophene rings is 1. The number of methoxy groups -OCH3 is 1. The van der Waals surface area contributed by atoms with Crippen molar-refractivity contribution in [2.45, 2.75) is 0 Å². The maximum absolute atomic E-state index is 12.2. The molecule has 0 saturated heterocycles. The quantitative estimate of drug-likeness (QED) is 0.652. The molecule has 23 heavy (non-hydrogen) atoms. The minimum atomic E-state index is -0.397. The number of rotatable bonds is 2. The first-order valence-electron chi connectivity index (χ1n) is 6.52. The predicted octanol–water partition coefficient (Wildman–Crippen LogP) is 3.48. The van der Waals surface area contributed by atoms with Gasteiger partial charge in [0.1, 0.15) is 0 Å². The summed E-state index contributed by atoms with van der Waals surface area (Å²) in [6.07, 6.45) is 0. The number of aryl methyl sites for hydroxylation is 1. The first kappa shape index (κ1) is 15.9. The highest BCUT2D eigenvalue weighted by molar-refractivity contribution is 7.18. The highest BCUT2D eigenvalue weighted by Crippen LogP contribution is 2.22. The number of halogens is 1. The monoisotopic (exact) mass is 366 g/mol. The third kappa shape index (κ3) is 3.08. The van der Waals surface area contributed by atoms with Crippen molar-refractivity contribution in [3.8, 4) is 0 Å². The summed E-state index contributed by atoms with van der Waals surface area (Å²) in [7, 11) is 3.16. The van der Waals surface area contributed by atoms with Crippen molar-refractivity contribution in [3.05, 3.63) is 49.9 Å². The van der Waals surface area contributed by atoms with Gasteiger partial charge in [-0.25, -0.2) is 4.79 Å². The summed E-state index contributed by atoms with van der Waals surface area (Å²) < 4.78 is 7.93. The molecule has 0 spiro atoms. The van der Waals surface area contributed by atoms with Crippen molar-refractivity contribution in [3.63, 3.8) is 0 Å². The molecule has 0 radical (unpaired) electrons. The van der Waals surface area contributed by atoms with Crippen molar-refractivity contribution < 1.29 is 14.3 Å². The van der Waals surface area contributed by atoms with E-state index in [2.05, 4.69) is 4.99 Å².